The van der Waals surface area contributed by atoms with E-state index in [1.165, 1.54) is 16.4 Å². The van der Waals surface area contributed by atoms with E-state index in [-0.39, 0.29) is 5.91 Å². The van der Waals surface area contributed by atoms with E-state index in [2.05, 4.69) is 92.8 Å². The monoisotopic (exact) mass is 585 g/mol. The average molecular weight is 586 g/mol. The molecule has 1 amide bonds. The van der Waals surface area contributed by atoms with E-state index < -0.39 is 0 Å². The molecule has 0 bridgehead atoms. The van der Waals surface area contributed by atoms with Gasteiger partial charge in [0.1, 0.15) is 0 Å². The quantitative estimate of drug-likeness (QED) is 0.0975. The predicted molar refractivity (Wildman–Crippen MR) is 185 cm³/mol. The number of para-hydroxylation sites is 2. The number of pyridine rings is 1. The fourth-order valence-corrected chi connectivity index (χ4v) is 5.44. The number of hydrogen-bond donors (Lipinski definition) is 2. The summed E-state index contributed by atoms with van der Waals surface area (Å²) in [6.07, 6.45) is 4.92. The molecule has 0 spiro atoms. The molecule has 0 saturated carbocycles. The van der Waals surface area contributed by atoms with Crippen LogP contribution in [-0.2, 0) is 6.54 Å². The van der Waals surface area contributed by atoms with Crippen LogP contribution in [0.1, 0.15) is 64.2 Å². The van der Waals surface area contributed by atoms with E-state index in [4.69, 9.17) is 0 Å². The summed E-state index contributed by atoms with van der Waals surface area (Å²) in [5.74, 6) is -0.00244. The van der Waals surface area contributed by atoms with Crippen LogP contribution >= 0.6 is 11.9 Å². The third-order valence-corrected chi connectivity index (χ3v) is 7.27. The van der Waals surface area contributed by atoms with Crippen LogP contribution in [-0.4, -0.2) is 42.3 Å². The first-order chi connectivity index (χ1) is 20.7. The summed E-state index contributed by atoms with van der Waals surface area (Å²) in [6, 6.07) is 24.7. The number of benzene rings is 3. The molecule has 0 aliphatic heterocycles. The second-order valence-corrected chi connectivity index (χ2v) is 9.89. The van der Waals surface area contributed by atoms with Gasteiger partial charge in [-0.3, -0.25) is 14.5 Å². The summed E-state index contributed by atoms with van der Waals surface area (Å²) >= 11 is 1.64. The van der Waals surface area contributed by atoms with Gasteiger partial charge >= 0.3 is 0 Å². The van der Waals surface area contributed by atoms with Gasteiger partial charge in [0.2, 0.25) is 0 Å². The fraction of sp³-hybridized carbons (Fsp3) is 0.343. The van der Waals surface area contributed by atoms with Gasteiger partial charge in [0.15, 0.2) is 0 Å². The molecule has 5 rings (SSSR count). The van der Waals surface area contributed by atoms with Crippen LogP contribution in [0.15, 0.2) is 88.9 Å². The van der Waals surface area contributed by atoms with Crippen LogP contribution < -0.4 is 10.0 Å². The molecule has 0 radical (unpaired) electrons. The topological polar surface area (TPSA) is 71.3 Å². The van der Waals surface area contributed by atoms with Crippen molar-refractivity contribution in [2.75, 3.05) is 20.1 Å². The highest BCUT2D eigenvalue weighted by molar-refractivity contribution is 7.97. The number of carbonyl (C=O) groups is 1. The number of aromatic nitrogens is 2. The van der Waals surface area contributed by atoms with E-state index in [9.17, 15) is 4.79 Å². The number of hydrogen-bond acceptors (Lipinski definition) is 5. The molecule has 224 valence electrons. The van der Waals surface area contributed by atoms with Gasteiger partial charge in [-0.1, -0.05) is 70.5 Å². The molecule has 0 aliphatic rings. The highest BCUT2D eigenvalue weighted by Gasteiger charge is 2.12. The van der Waals surface area contributed by atoms with Crippen LogP contribution in [0, 0.1) is 0 Å². The van der Waals surface area contributed by atoms with Crippen LogP contribution in [0.3, 0.4) is 0 Å². The summed E-state index contributed by atoms with van der Waals surface area (Å²) in [7, 11) is 1.64. The van der Waals surface area contributed by atoms with Gasteiger partial charge in [0.25, 0.3) is 5.91 Å². The van der Waals surface area contributed by atoms with E-state index in [0.717, 1.165) is 59.1 Å². The summed E-state index contributed by atoms with van der Waals surface area (Å²) in [5, 5.41) is 6.58. The van der Waals surface area contributed by atoms with Gasteiger partial charge in [0.05, 0.1) is 5.52 Å². The van der Waals surface area contributed by atoms with Gasteiger partial charge in [0, 0.05) is 70.5 Å². The maximum absolute atomic E-state index is 12.8. The number of aliphatic imine (C=N–C) groups is 1. The molecule has 6 nitrogen and oxygen atoms in total. The van der Waals surface area contributed by atoms with Crippen molar-refractivity contribution < 1.29 is 4.79 Å². The first-order valence-electron chi connectivity index (χ1n) is 15.1. The lowest BCUT2D eigenvalue weighted by Crippen LogP contribution is -2.24. The lowest BCUT2D eigenvalue weighted by Gasteiger charge is -2.08. The lowest BCUT2D eigenvalue weighted by atomic mass is 10.1. The maximum atomic E-state index is 12.8. The molecule has 2 aromatic heterocycles. The van der Waals surface area contributed by atoms with Crippen LogP contribution in [0.5, 0.6) is 0 Å². The average Bonchev–Trinajstić information content (AvgIpc) is 3.37. The molecule has 0 aliphatic carbocycles. The third-order valence-electron chi connectivity index (χ3n) is 6.37. The van der Waals surface area contributed by atoms with Crippen molar-refractivity contribution in [2.24, 2.45) is 4.99 Å². The Hall–Kier alpha value is -3.68. The Kier molecular flexibility index (Phi) is 16.0. The molecule has 0 fully saturated rings. The number of carbonyl (C=O) groups excluding carboxylic acids is 1. The highest BCUT2D eigenvalue weighted by Crippen LogP contribution is 2.29. The van der Waals surface area contributed by atoms with Gasteiger partial charge in [-0.05, 0) is 74.8 Å². The van der Waals surface area contributed by atoms with Crippen LogP contribution in [0.2, 0.25) is 0 Å². The smallest absolute Gasteiger partial charge is 0.251 e. The maximum Gasteiger partial charge on any atom is 0.251 e. The number of unbranched alkanes of at least 4 members (excludes halogenated alkanes) is 2. The zero-order chi connectivity index (χ0) is 30.7. The Bertz CT molecular complexity index is 1520. The lowest BCUT2D eigenvalue weighted by molar-refractivity contribution is 0.0953. The van der Waals surface area contributed by atoms with Gasteiger partial charge in [-0.25, -0.2) is 0 Å². The largest absolute Gasteiger partial charge is 0.352 e. The highest BCUT2D eigenvalue weighted by atomic mass is 32.2. The van der Waals surface area contributed by atoms with Crippen LogP contribution in [0.25, 0.3) is 32.7 Å². The van der Waals surface area contributed by atoms with Crippen molar-refractivity contribution in [3.8, 4) is 0 Å². The van der Waals surface area contributed by atoms with Crippen molar-refractivity contribution in [2.45, 2.75) is 65.3 Å². The van der Waals surface area contributed by atoms with Crippen molar-refractivity contribution in [3.05, 3.63) is 84.6 Å². The molecule has 2 heterocycles. The number of rotatable bonds is 10. The second kappa shape index (κ2) is 19.4. The zero-order valence-electron chi connectivity index (χ0n) is 26.1. The third kappa shape index (κ3) is 9.16. The Balaban J connectivity index is 0.000000813. The number of nitrogens with one attached hydrogen (secondary N) is 2. The van der Waals surface area contributed by atoms with E-state index in [0.29, 0.717) is 6.54 Å². The van der Waals surface area contributed by atoms with Gasteiger partial charge < -0.3 is 14.9 Å². The Morgan fingerprint density at radius 3 is 2.33 bits per heavy atom. The van der Waals surface area contributed by atoms with Gasteiger partial charge in [-0.15, -0.1) is 0 Å². The molecule has 3 aromatic carbocycles. The molecule has 42 heavy (non-hydrogen) atoms. The van der Waals surface area contributed by atoms with E-state index in [1.807, 2.05) is 52.1 Å². The minimum atomic E-state index is -0.00244. The Morgan fingerprint density at radius 2 is 1.57 bits per heavy atom. The van der Waals surface area contributed by atoms with Crippen molar-refractivity contribution in [3.63, 3.8) is 0 Å². The standard InChI is InChI=1S/C29H30N4OS.C2H5N.2C2H6/c1-2-33-25-13-5-4-12-23(25)24-20-22(15-16-26(24)33)29(34)31-17-6-3-7-19-32-35-27-14-8-10-21-11-9-18-30-28(21)27;1-3-2;2*1-2/h4-5,8-16,18,20,32H,2-3,6-7,17,19H2,1H3,(H,31,34);1H2,2H3;2*1-2H3. The van der Waals surface area contributed by atoms with Crippen molar-refractivity contribution >= 4 is 57.3 Å². The Labute approximate surface area is 256 Å². The number of aryl methyl sites for hydroxylation is 1. The first kappa shape index (κ1) is 34.5. The van der Waals surface area contributed by atoms with Gasteiger partial charge in [-0.2, -0.15) is 0 Å². The molecule has 0 atom stereocenters. The summed E-state index contributed by atoms with van der Waals surface area (Å²) in [6.45, 7) is 15.8. The number of fused-ring (bicyclic) bond motifs is 4. The number of nitrogens with zero attached hydrogens (tertiary/aromatic N) is 3. The fourth-order valence-electron chi connectivity index (χ4n) is 4.63. The van der Waals surface area contributed by atoms with Crippen molar-refractivity contribution in [1.82, 2.24) is 19.6 Å². The molecular weight excluding hydrogens is 538 g/mol. The minimum absolute atomic E-state index is 0.00244. The first-order valence-corrected chi connectivity index (χ1v) is 15.9. The molecule has 7 heteroatoms. The summed E-state index contributed by atoms with van der Waals surface area (Å²) in [5.41, 5.74) is 4.15. The normalized spacial score (nSPS) is 10.1. The summed E-state index contributed by atoms with van der Waals surface area (Å²) in [4.78, 5) is 21.7. The number of amides is 1. The predicted octanol–water partition coefficient (Wildman–Crippen LogP) is 8.93. The van der Waals surface area contributed by atoms with Crippen LogP contribution in [0.4, 0.5) is 0 Å². The molecule has 5 aromatic rings. The molecular formula is C35H47N5OS. The van der Waals surface area contributed by atoms with E-state index >= 15 is 0 Å². The Morgan fingerprint density at radius 1 is 0.881 bits per heavy atom. The zero-order valence-corrected chi connectivity index (χ0v) is 26.9. The minimum Gasteiger partial charge on any atom is -0.352 e. The molecule has 2 N–H and O–H groups in total. The second-order valence-electron chi connectivity index (χ2n) is 8.95. The summed E-state index contributed by atoms with van der Waals surface area (Å²) < 4.78 is 5.75. The molecule has 0 unspecified atom stereocenters. The van der Waals surface area contributed by atoms with Crippen molar-refractivity contribution in [1.29, 1.82) is 0 Å². The molecule has 0 saturated heterocycles. The van der Waals surface area contributed by atoms with E-state index in [1.54, 1.807) is 19.0 Å². The SMILES string of the molecule is C=NC.CC.CC.CCn1c2ccccc2c2cc(C(=O)NCCCCCNSc3cccc4cccnc34)ccc21.